The minimum atomic E-state index is -0.825. The standard InChI is InChI=1S/C13H17NO3/c15-13(16)14-8-4-5-11(9-14)10-17-12-6-2-1-3-7-12/h1-3,6-7,11H,4-5,8-10H2,(H,15,16). The van der Waals surface area contributed by atoms with Gasteiger partial charge in [-0.1, -0.05) is 18.2 Å². The van der Waals surface area contributed by atoms with Gasteiger partial charge in [0.25, 0.3) is 0 Å². The number of amides is 1. The highest BCUT2D eigenvalue weighted by atomic mass is 16.5. The monoisotopic (exact) mass is 235 g/mol. The predicted molar refractivity (Wildman–Crippen MR) is 64.3 cm³/mol. The molecule has 1 aromatic carbocycles. The molecule has 1 N–H and O–H groups in total. The lowest BCUT2D eigenvalue weighted by molar-refractivity contribution is 0.105. The predicted octanol–water partition coefficient (Wildman–Crippen LogP) is 2.46. The Kier molecular flexibility index (Phi) is 3.85. The second-order valence-electron chi connectivity index (χ2n) is 4.36. The van der Waals surface area contributed by atoms with E-state index < -0.39 is 6.09 Å². The molecule has 1 heterocycles. The van der Waals surface area contributed by atoms with Crippen LogP contribution >= 0.6 is 0 Å². The normalized spacial score (nSPS) is 20.0. The summed E-state index contributed by atoms with van der Waals surface area (Å²) >= 11 is 0. The lowest BCUT2D eigenvalue weighted by Gasteiger charge is -2.30. The Hall–Kier alpha value is -1.71. The first kappa shape index (κ1) is 11.8. The van der Waals surface area contributed by atoms with Crippen molar-refractivity contribution in [3.63, 3.8) is 0 Å². The molecule has 1 atom stereocenters. The number of benzene rings is 1. The molecule has 17 heavy (non-hydrogen) atoms. The first-order chi connectivity index (χ1) is 8.25. The van der Waals surface area contributed by atoms with Crippen molar-refractivity contribution in [3.05, 3.63) is 30.3 Å². The minimum absolute atomic E-state index is 0.306. The summed E-state index contributed by atoms with van der Waals surface area (Å²) in [7, 11) is 0. The second kappa shape index (κ2) is 5.57. The molecule has 4 heteroatoms. The lowest BCUT2D eigenvalue weighted by Crippen LogP contribution is -2.40. The number of carboxylic acid groups (broad SMARTS) is 1. The molecule has 1 aromatic rings. The Bertz CT molecular complexity index is 366. The number of hydrogen-bond acceptors (Lipinski definition) is 2. The van der Waals surface area contributed by atoms with E-state index in [2.05, 4.69) is 0 Å². The number of likely N-dealkylation sites (tertiary alicyclic amines) is 1. The van der Waals surface area contributed by atoms with E-state index >= 15 is 0 Å². The van der Waals surface area contributed by atoms with Gasteiger partial charge in [-0.2, -0.15) is 0 Å². The summed E-state index contributed by atoms with van der Waals surface area (Å²) < 4.78 is 5.65. The fourth-order valence-corrected chi connectivity index (χ4v) is 2.11. The van der Waals surface area contributed by atoms with Crippen molar-refractivity contribution in [2.75, 3.05) is 19.7 Å². The Morgan fingerprint density at radius 2 is 2.18 bits per heavy atom. The van der Waals surface area contributed by atoms with Crippen molar-refractivity contribution >= 4 is 6.09 Å². The van der Waals surface area contributed by atoms with Crippen molar-refractivity contribution in [1.82, 2.24) is 4.90 Å². The van der Waals surface area contributed by atoms with E-state index in [-0.39, 0.29) is 0 Å². The van der Waals surface area contributed by atoms with Crippen molar-refractivity contribution < 1.29 is 14.6 Å². The van der Waals surface area contributed by atoms with E-state index in [0.29, 0.717) is 25.6 Å². The molecule has 1 unspecified atom stereocenters. The fourth-order valence-electron chi connectivity index (χ4n) is 2.11. The van der Waals surface area contributed by atoms with Gasteiger partial charge in [-0.25, -0.2) is 4.79 Å². The van der Waals surface area contributed by atoms with Gasteiger partial charge < -0.3 is 14.7 Å². The molecule has 2 rings (SSSR count). The molecule has 0 bridgehead atoms. The zero-order chi connectivity index (χ0) is 12.1. The van der Waals surface area contributed by atoms with Gasteiger partial charge in [-0.05, 0) is 25.0 Å². The van der Waals surface area contributed by atoms with Crippen LogP contribution in [0.1, 0.15) is 12.8 Å². The number of hydrogen-bond donors (Lipinski definition) is 1. The second-order valence-corrected chi connectivity index (χ2v) is 4.36. The third-order valence-corrected chi connectivity index (χ3v) is 3.02. The summed E-state index contributed by atoms with van der Waals surface area (Å²) in [6, 6.07) is 9.63. The summed E-state index contributed by atoms with van der Waals surface area (Å²) in [5.41, 5.74) is 0. The third kappa shape index (κ3) is 3.37. The molecule has 0 spiro atoms. The molecule has 1 amide bonds. The summed E-state index contributed by atoms with van der Waals surface area (Å²) in [5, 5.41) is 8.93. The zero-order valence-corrected chi connectivity index (χ0v) is 9.71. The van der Waals surface area contributed by atoms with Crippen LogP contribution in [0.4, 0.5) is 4.79 Å². The molecule has 4 nitrogen and oxygen atoms in total. The molecule has 0 aliphatic carbocycles. The number of carbonyl (C=O) groups is 1. The van der Waals surface area contributed by atoms with E-state index in [1.54, 1.807) is 0 Å². The van der Waals surface area contributed by atoms with Gasteiger partial charge >= 0.3 is 6.09 Å². The first-order valence-corrected chi connectivity index (χ1v) is 5.91. The summed E-state index contributed by atoms with van der Waals surface area (Å²) in [6.07, 6.45) is 1.14. The molecule has 1 fully saturated rings. The van der Waals surface area contributed by atoms with Crippen LogP contribution in [0.25, 0.3) is 0 Å². The highest BCUT2D eigenvalue weighted by molar-refractivity contribution is 5.65. The topological polar surface area (TPSA) is 49.8 Å². The smallest absolute Gasteiger partial charge is 0.407 e. The third-order valence-electron chi connectivity index (χ3n) is 3.02. The first-order valence-electron chi connectivity index (χ1n) is 5.91. The number of nitrogens with zero attached hydrogens (tertiary/aromatic N) is 1. The molecule has 1 aliphatic rings. The number of piperidine rings is 1. The van der Waals surface area contributed by atoms with Crippen molar-refractivity contribution in [2.24, 2.45) is 5.92 Å². The van der Waals surface area contributed by atoms with Gasteiger partial charge in [0.2, 0.25) is 0 Å². The van der Waals surface area contributed by atoms with Crippen LogP contribution < -0.4 is 4.74 Å². The van der Waals surface area contributed by atoms with Crippen LogP contribution in [0.15, 0.2) is 30.3 Å². The summed E-state index contributed by atoms with van der Waals surface area (Å²) in [4.78, 5) is 12.3. The fraction of sp³-hybridized carbons (Fsp3) is 0.462. The Labute approximate surface area is 101 Å². The maximum Gasteiger partial charge on any atom is 0.407 e. The molecule has 1 aliphatic heterocycles. The van der Waals surface area contributed by atoms with Gasteiger partial charge in [0.05, 0.1) is 6.61 Å². The molecular weight excluding hydrogens is 218 g/mol. The maximum absolute atomic E-state index is 10.9. The van der Waals surface area contributed by atoms with Gasteiger partial charge in [0, 0.05) is 19.0 Å². The SMILES string of the molecule is O=C(O)N1CCCC(COc2ccccc2)C1. The van der Waals surface area contributed by atoms with Crippen LogP contribution in [0.2, 0.25) is 0 Å². The summed E-state index contributed by atoms with van der Waals surface area (Å²) in [5.74, 6) is 1.15. The average Bonchev–Trinajstić information content (AvgIpc) is 2.38. The van der Waals surface area contributed by atoms with Gasteiger partial charge in [-0.15, -0.1) is 0 Å². The highest BCUT2D eigenvalue weighted by Gasteiger charge is 2.23. The average molecular weight is 235 g/mol. The number of rotatable bonds is 3. The summed E-state index contributed by atoms with van der Waals surface area (Å²) in [6.45, 7) is 1.83. The molecule has 0 radical (unpaired) electrons. The Balaban J connectivity index is 1.81. The largest absolute Gasteiger partial charge is 0.493 e. The van der Waals surface area contributed by atoms with Crippen LogP contribution in [-0.2, 0) is 0 Å². The lowest BCUT2D eigenvalue weighted by atomic mass is 9.99. The number of ether oxygens (including phenoxy) is 1. The van der Waals surface area contributed by atoms with E-state index in [0.717, 1.165) is 18.6 Å². The van der Waals surface area contributed by atoms with Gasteiger partial charge in [0.15, 0.2) is 0 Å². The quantitative estimate of drug-likeness (QED) is 0.875. The van der Waals surface area contributed by atoms with Gasteiger partial charge in [-0.3, -0.25) is 0 Å². The minimum Gasteiger partial charge on any atom is -0.493 e. The van der Waals surface area contributed by atoms with Crippen molar-refractivity contribution in [1.29, 1.82) is 0 Å². The molecular formula is C13H17NO3. The number of para-hydroxylation sites is 1. The Morgan fingerprint density at radius 1 is 1.41 bits per heavy atom. The molecule has 1 saturated heterocycles. The molecule has 0 aromatic heterocycles. The van der Waals surface area contributed by atoms with Crippen molar-refractivity contribution in [3.8, 4) is 5.75 Å². The molecule has 92 valence electrons. The van der Waals surface area contributed by atoms with Gasteiger partial charge in [0.1, 0.15) is 5.75 Å². The highest BCUT2D eigenvalue weighted by Crippen LogP contribution is 2.18. The van der Waals surface area contributed by atoms with E-state index in [1.165, 1.54) is 4.90 Å². The van der Waals surface area contributed by atoms with Crippen LogP contribution in [0.5, 0.6) is 5.75 Å². The van der Waals surface area contributed by atoms with Crippen LogP contribution in [0, 0.1) is 5.92 Å². The Morgan fingerprint density at radius 3 is 2.88 bits per heavy atom. The van der Waals surface area contributed by atoms with Crippen LogP contribution in [0.3, 0.4) is 0 Å². The van der Waals surface area contributed by atoms with Crippen LogP contribution in [-0.4, -0.2) is 35.8 Å². The van der Waals surface area contributed by atoms with Crippen molar-refractivity contribution in [2.45, 2.75) is 12.8 Å². The zero-order valence-electron chi connectivity index (χ0n) is 9.71. The van der Waals surface area contributed by atoms with E-state index in [4.69, 9.17) is 9.84 Å². The molecule has 0 saturated carbocycles. The maximum atomic E-state index is 10.9. The van der Waals surface area contributed by atoms with E-state index in [9.17, 15) is 4.79 Å². The van der Waals surface area contributed by atoms with E-state index in [1.807, 2.05) is 30.3 Å².